The summed E-state index contributed by atoms with van der Waals surface area (Å²) in [4.78, 5) is 36.9. The van der Waals surface area contributed by atoms with Crippen molar-refractivity contribution in [3.05, 3.63) is 48.5 Å². The van der Waals surface area contributed by atoms with Crippen molar-refractivity contribution in [2.45, 2.75) is 82.6 Å². The molecule has 2 rings (SSSR count). The van der Waals surface area contributed by atoms with Gasteiger partial charge in [0.05, 0.1) is 6.54 Å². The van der Waals surface area contributed by atoms with Gasteiger partial charge in [-0.1, -0.05) is 65.8 Å². The number of aryl methyl sites for hydroxylation is 1. The summed E-state index contributed by atoms with van der Waals surface area (Å²) < 4.78 is 42.9. The van der Waals surface area contributed by atoms with Crippen LogP contribution in [-0.4, -0.2) is 42.7 Å². The van der Waals surface area contributed by atoms with Gasteiger partial charge >= 0.3 is 15.2 Å². The van der Waals surface area contributed by atoms with Gasteiger partial charge in [-0.3, -0.25) is 9.13 Å². The zero-order valence-corrected chi connectivity index (χ0v) is 23.9. The van der Waals surface area contributed by atoms with E-state index in [1.54, 1.807) is 23.3 Å². The second-order valence-electron chi connectivity index (χ2n) is 11.1. The molecule has 0 amide bonds. The Balaban J connectivity index is 2.10. The lowest BCUT2D eigenvalue weighted by Crippen LogP contribution is -2.57. The molecule has 0 unspecified atom stereocenters. The molecule has 0 aliphatic carbocycles. The average Bonchev–Trinajstić information content (AvgIpc) is 3.11. The maximum atomic E-state index is 16.5. The molecule has 1 aromatic carbocycles. The van der Waals surface area contributed by atoms with Crippen molar-refractivity contribution in [1.82, 2.24) is 4.57 Å². The maximum absolute atomic E-state index is 16.5. The van der Waals surface area contributed by atoms with E-state index >= 15 is 4.11 Å². The molecular weight excluding hydrogens is 513 g/mol. The number of hydrogen-bond donors (Lipinski definition) is 5. The molecule has 0 aliphatic rings. The summed E-state index contributed by atoms with van der Waals surface area (Å²) in [7, 11) is -14.2. The molecule has 0 bridgehead atoms. The fourth-order valence-electron chi connectivity index (χ4n) is 4.67. The number of halogens is 1. The monoisotopic (exact) mass is 551 g/mol. The third-order valence-corrected chi connectivity index (χ3v) is 15.5. The standard InChI is InChI=1S/C22H37FN2O7P2Si/c1-20(2,3)35(23,21(4,5)6)19-10-8-18(9-11-19)16-25-15-14-24(17-25)13-7-12-22(26,33(27,28)29)34(30,31)32/h8-11,14-15,17,26H,7,12-13,16H2,1-6H3,(H3-,27,28,29,30,31,32)/p+1. The molecule has 13 heteroatoms. The highest BCUT2D eigenvalue weighted by molar-refractivity contribution is 7.72. The molecule has 0 aliphatic heterocycles. The molecule has 198 valence electrons. The van der Waals surface area contributed by atoms with E-state index in [-0.39, 0.29) is 13.0 Å². The van der Waals surface area contributed by atoms with Gasteiger partial charge in [0.1, 0.15) is 18.9 Å². The normalized spacial score (nSPS) is 14.4. The van der Waals surface area contributed by atoms with Crippen molar-refractivity contribution in [3.63, 3.8) is 0 Å². The van der Waals surface area contributed by atoms with Gasteiger partial charge in [0.2, 0.25) is 6.33 Å². The maximum Gasteiger partial charge on any atom is 0.369 e. The van der Waals surface area contributed by atoms with Crippen LogP contribution >= 0.6 is 15.2 Å². The van der Waals surface area contributed by atoms with Crippen LogP contribution in [0.15, 0.2) is 43.0 Å². The zero-order chi connectivity index (χ0) is 27.1. The molecule has 35 heavy (non-hydrogen) atoms. The molecule has 5 N–H and O–H groups in total. The van der Waals surface area contributed by atoms with E-state index in [2.05, 4.69) is 0 Å². The van der Waals surface area contributed by atoms with Crippen LogP contribution in [0, 0.1) is 0 Å². The van der Waals surface area contributed by atoms with Crippen LogP contribution in [0.2, 0.25) is 10.1 Å². The summed E-state index contributed by atoms with van der Waals surface area (Å²) in [5, 5.41) is 6.40. The number of hydrogen-bond acceptors (Lipinski definition) is 3. The Morgan fingerprint density at radius 2 is 1.43 bits per heavy atom. The lowest BCUT2D eigenvalue weighted by atomic mass is 10.2. The van der Waals surface area contributed by atoms with Crippen LogP contribution < -0.4 is 9.75 Å². The minimum Gasteiger partial charge on any atom is -0.368 e. The quantitative estimate of drug-likeness (QED) is 0.139. The van der Waals surface area contributed by atoms with Gasteiger partial charge in [-0.2, -0.15) is 0 Å². The summed E-state index contributed by atoms with van der Waals surface area (Å²) in [5.74, 6) is 0. The number of aromatic nitrogens is 2. The Kier molecular flexibility index (Phi) is 8.55. The van der Waals surface area contributed by atoms with E-state index in [4.69, 9.17) is 0 Å². The van der Waals surface area contributed by atoms with E-state index in [0.29, 0.717) is 6.54 Å². The SMILES string of the molecule is CC(C)(C)[Si](F)(c1ccc(C[n+]2ccn(CCCC(O)(P(=O)(O)O)P(=O)(O)O)c2)cc1)C(C)(C)C. The average molecular weight is 552 g/mol. The second kappa shape index (κ2) is 9.95. The van der Waals surface area contributed by atoms with Gasteiger partial charge in [0.25, 0.3) is 13.5 Å². The predicted octanol–water partition coefficient (Wildman–Crippen LogP) is 3.33. The molecule has 9 nitrogen and oxygen atoms in total. The largest absolute Gasteiger partial charge is 0.369 e. The fraction of sp³-hybridized carbons (Fsp3) is 0.591. The highest BCUT2D eigenvalue weighted by Crippen LogP contribution is 2.69. The van der Waals surface area contributed by atoms with E-state index in [1.165, 1.54) is 0 Å². The second-order valence-corrected chi connectivity index (χ2v) is 20.0. The number of rotatable bonds is 9. The van der Waals surface area contributed by atoms with Gasteiger partial charge in [-0.25, -0.2) is 9.13 Å². The van der Waals surface area contributed by atoms with E-state index < -0.39 is 45.2 Å². The van der Waals surface area contributed by atoms with Gasteiger partial charge < -0.3 is 28.8 Å². The third kappa shape index (κ3) is 6.22. The number of aliphatic hydroxyl groups is 1. The summed E-state index contributed by atoms with van der Waals surface area (Å²) in [6.07, 6.45) is 4.39. The number of benzene rings is 1. The molecule has 0 spiro atoms. The van der Waals surface area contributed by atoms with E-state index in [1.807, 2.05) is 70.4 Å². The highest BCUT2D eigenvalue weighted by Gasteiger charge is 2.59. The Morgan fingerprint density at radius 3 is 1.86 bits per heavy atom. The first-order chi connectivity index (χ1) is 15.6. The Labute approximate surface area is 207 Å². The predicted molar refractivity (Wildman–Crippen MR) is 134 cm³/mol. The fourth-order valence-corrected chi connectivity index (χ4v) is 11.5. The van der Waals surface area contributed by atoms with Crippen molar-refractivity contribution in [1.29, 1.82) is 0 Å². The number of imidazole rings is 1. The smallest absolute Gasteiger partial charge is 0.368 e. The van der Waals surface area contributed by atoms with Gasteiger partial charge in [0.15, 0.2) is 0 Å². The molecule has 0 radical (unpaired) electrons. The van der Waals surface area contributed by atoms with Crippen LogP contribution in [0.5, 0.6) is 0 Å². The van der Waals surface area contributed by atoms with E-state index in [9.17, 15) is 33.8 Å². The Morgan fingerprint density at radius 1 is 0.943 bits per heavy atom. The first-order valence-corrected chi connectivity index (χ1v) is 16.4. The molecular formula is C22H38FN2O7P2Si+. The van der Waals surface area contributed by atoms with Crippen LogP contribution in [0.1, 0.15) is 59.9 Å². The first kappa shape index (κ1) is 30.1. The van der Waals surface area contributed by atoms with Gasteiger partial charge in [0, 0.05) is 6.42 Å². The number of nitrogens with zero attached hydrogens (tertiary/aromatic N) is 2. The van der Waals surface area contributed by atoms with Crippen LogP contribution in [0.4, 0.5) is 4.11 Å². The zero-order valence-electron chi connectivity index (χ0n) is 21.1. The van der Waals surface area contributed by atoms with Crippen molar-refractivity contribution in [2.75, 3.05) is 0 Å². The van der Waals surface area contributed by atoms with Crippen LogP contribution in [0.25, 0.3) is 0 Å². The first-order valence-electron chi connectivity index (χ1n) is 11.3. The van der Waals surface area contributed by atoms with Gasteiger partial charge in [-0.05, 0) is 27.2 Å². The summed E-state index contributed by atoms with van der Waals surface area (Å²) in [6, 6.07) is 7.58. The summed E-state index contributed by atoms with van der Waals surface area (Å²) in [6.45, 7) is 12.4. The summed E-state index contributed by atoms with van der Waals surface area (Å²) >= 11 is 0. The van der Waals surface area contributed by atoms with Crippen molar-refractivity contribution in [2.24, 2.45) is 0 Å². The van der Waals surface area contributed by atoms with Gasteiger partial charge in [-0.15, -0.1) is 0 Å². The minimum absolute atomic E-state index is 0.0705. The van der Waals surface area contributed by atoms with E-state index in [0.717, 1.165) is 10.8 Å². The lowest BCUT2D eigenvalue weighted by molar-refractivity contribution is -0.687. The topological polar surface area (TPSA) is 144 Å². The molecule has 0 saturated carbocycles. The van der Waals surface area contributed by atoms with Crippen LogP contribution in [0.3, 0.4) is 0 Å². The molecule has 1 aromatic heterocycles. The van der Waals surface area contributed by atoms with Crippen molar-refractivity contribution in [3.8, 4) is 0 Å². The van der Waals surface area contributed by atoms with Crippen molar-refractivity contribution < 1.29 is 42.5 Å². The van der Waals surface area contributed by atoms with Crippen molar-refractivity contribution >= 4 is 28.8 Å². The molecule has 0 fully saturated rings. The molecule has 0 atom stereocenters. The minimum atomic E-state index is -5.45. The Hall–Kier alpha value is -1.16. The Bertz CT molecular complexity index is 1080. The lowest BCUT2D eigenvalue weighted by Gasteiger charge is -2.44. The molecule has 2 aromatic rings. The van der Waals surface area contributed by atoms with Crippen LogP contribution in [-0.2, 0) is 22.2 Å². The summed E-state index contributed by atoms with van der Waals surface area (Å²) in [5.41, 5.74) is 0.966. The molecule has 1 heterocycles. The molecule has 0 saturated heterocycles. The third-order valence-electron chi connectivity index (χ3n) is 6.39. The highest BCUT2D eigenvalue weighted by atomic mass is 31.2.